The third kappa shape index (κ3) is 3.03. The summed E-state index contributed by atoms with van der Waals surface area (Å²) in [5.41, 5.74) is 1.57. The summed E-state index contributed by atoms with van der Waals surface area (Å²) in [6, 6.07) is 5.02. The zero-order valence-electron chi connectivity index (χ0n) is 14.8. The number of hydrogen-bond acceptors (Lipinski definition) is 6. The van der Waals surface area contributed by atoms with Crippen LogP contribution in [0.1, 0.15) is 6.42 Å². The number of aromatic nitrogens is 3. The van der Waals surface area contributed by atoms with Crippen molar-refractivity contribution in [1.29, 1.82) is 0 Å². The summed E-state index contributed by atoms with van der Waals surface area (Å²) in [6.07, 6.45) is 3.15. The molecule has 27 heavy (non-hydrogen) atoms. The Morgan fingerprint density at radius 3 is 2.70 bits per heavy atom. The van der Waals surface area contributed by atoms with Gasteiger partial charge < -0.3 is 9.64 Å². The van der Waals surface area contributed by atoms with E-state index in [-0.39, 0.29) is 11.9 Å². The normalized spacial score (nSPS) is 23.3. The lowest BCUT2D eigenvalue weighted by Gasteiger charge is -2.56. The van der Waals surface area contributed by atoms with Crippen LogP contribution < -0.4 is 9.80 Å². The lowest BCUT2D eigenvalue weighted by Crippen LogP contribution is -2.63. The van der Waals surface area contributed by atoms with E-state index in [1.54, 1.807) is 29.3 Å². The number of rotatable bonds is 5. The van der Waals surface area contributed by atoms with Crippen LogP contribution in [0.25, 0.3) is 0 Å². The predicted molar refractivity (Wildman–Crippen MR) is 101 cm³/mol. The number of anilines is 2. The molecule has 1 aromatic carbocycles. The number of thioether (sulfide) groups is 1. The van der Waals surface area contributed by atoms with Crippen molar-refractivity contribution in [3.63, 3.8) is 0 Å². The highest BCUT2D eigenvalue weighted by Gasteiger charge is 2.48. The van der Waals surface area contributed by atoms with Crippen LogP contribution >= 0.6 is 11.8 Å². The molecular formula is C18H20FN5O2S. The van der Waals surface area contributed by atoms with E-state index in [4.69, 9.17) is 4.74 Å². The number of ether oxygens (including phenoxy) is 1. The predicted octanol–water partition coefficient (Wildman–Crippen LogP) is 2.39. The van der Waals surface area contributed by atoms with Crippen molar-refractivity contribution in [3.8, 4) is 0 Å². The van der Waals surface area contributed by atoms with E-state index in [0.717, 1.165) is 13.1 Å². The van der Waals surface area contributed by atoms with Crippen molar-refractivity contribution >= 4 is 29.2 Å². The highest BCUT2D eigenvalue weighted by molar-refractivity contribution is 8.00. The average Bonchev–Trinajstić information content (AvgIpc) is 3.21. The number of benzene rings is 1. The van der Waals surface area contributed by atoms with E-state index in [0.29, 0.717) is 36.3 Å². The first kappa shape index (κ1) is 16.9. The van der Waals surface area contributed by atoms with Gasteiger partial charge in [0.2, 0.25) is 0 Å². The summed E-state index contributed by atoms with van der Waals surface area (Å²) in [5.74, 6) is 2.07. The number of halogens is 1. The largest absolute Gasteiger partial charge is 0.444 e. The molecular weight excluding hydrogens is 369 g/mol. The molecule has 2 aromatic rings. The molecule has 0 bridgehead atoms. The van der Waals surface area contributed by atoms with Crippen molar-refractivity contribution in [2.45, 2.75) is 19.1 Å². The summed E-state index contributed by atoms with van der Waals surface area (Å²) >= 11 is 1.96. The highest BCUT2D eigenvalue weighted by Crippen LogP contribution is 2.47. The highest BCUT2D eigenvalue weighted by atomic mass is 32.2. The molecule has 4 heterocycles. The lowest BCUT2D eigenvalue weighted by molar-refractivity contribution is 0.132. The van der Waals surface area contributed by atoms with Crippen molar-refractivity contribution < 1.29 is 13.9 Å². The second kappa shape index (κ2) is 6.40. The fourth-order valence-electron chi connectivity index (χ4n) is 3.93. The molecule has 142 valence electrons. The van der Waals surface area contributed by atoms with Gasteiger partial charge in [-0.2, -0.15) is 26.8 Å². The van der Waals surface area contributed by atoms with Gasteiger partial charge in [-0.05, 0) is 18.2 Å². The molecule has 3 saturated heterocycles. The van der Waals surface area contributed by atoms with Crippen molar-refractivity contribution in [3.05, 3.63) is 36.4 Å². The first-order chi connectivity index (χ1) is 13.1. The first-order valence-electron chi connectivity index (χ1n) is 9.06. The molecule has 0 saturated carbocycles. The van der Waals surface area contributed by atoms with Crippen LogP contribution in [0.4, 0.5) is 20.6 Å². The minimum absolute atomic E-state index is 0.252. The molecule has 1 aromatic heterocycles. The van der Waals surface area contributed by atoms with Crippen LogP contribution in [0.5, 0.6) is 0 Å². The number of hydrogen-bond donors (Lipinski definition) is 0. The number of carbonyl (C=O) groups excluding carboxylic acids is 1. The van der Waals surface area contributed by atoms with Gasteiger partial charge in [0.15, 0.2) is 0 Å². The maximum Gasteiger partial charge on any atom is 0.414 e. The van der Waals surface area contributed by atoms with Gasteiger partial charge in [-0.15, -0.1) is 0 Å². The van der Waals surface area contributed by atoms with Gasteiger partial charge in [-0.25, -0.2) is 9.18 Å². The molecule has 0 radical (unpaired) electrons. The third-order valence-corrected chi connectivity index (χ3v) is 7.08. The fraction of sp³-hybridized carbons (Fsp3) is 0.500. The minimum Gasteiger partial charge on any atom is -0.444 e. The topological polar surface area (TPSA) is 63.5 Å². The molecule has 3 fully saturated rings. The molecule has 7 nitrogen and oxygen atoms in total. The van der Waals surface area contributed by atoms with E-state index < -0.39 is 6.09 Å². The van der Waals surface area contributed by atoms with Gasteiger partial charge in [0.25, 0.3) is 0 Å². The first-order valence-corrected chi connectivity index (χ1v) is 10.2. The summed E-state index contributed by atoms with van der Waals surface area (Å²) in [7, 11) is 0. The van der Waals surface area contributed by atoms with Crippen LogP contribution in [-0.2, 0) is 11.3 Å². The molecule has 0 unspecified atom stereocenters. The van der Waals surface area contributed by atoms with E-state index >= 15 is 0 Å². The number of aryl methyl sites for hydroxylation is 1. The Morgan fingerprint density at radius 1 is 1.26 bits per heavy atom. The quantitative estimate of drug-likeness (QED) is 0.783. The molecule has 1 amide bonds. The second-order valence-electron chi connectivity index (χ2n) is 7.51. The van der Waals surface area contributed by atoms with Crippen LogP contribution in [0.3, 0.4) is 0 Å². The number of nitrogens with zero attached hydrogens (tertiary/aromatic N) is 5. The molecule has 1 atom stereocenters. The van der Waals surface area contributed by atoms with Crippen LogP contribution in [0.15, 0.2) is 30.6 Å². The third-order valence-electron chi connectivity index (χ3n) is 5.44. The van der Waals surface area contributed by atoms with Crippen LogP contribution in [0, 0.1) is 11.2 Å². The van der Waals surface area contributed by atoms with E-state index in [9.17, 15) is 9.18 Å². The Balaban J connectivity index is 1.23. The van der Waals surface area contributed by atoms with Gasteiger partial charge in [0, 0.05) is 36.4 Å². The average molecular weight is 389 g/mol. The van der Waals surface area contributed by atoms with Crippen molar-refractivity contribution in [2.75, 3.05) is 40.9 Å². The van der Waals surface area contributed by atoms with E-state index in [2.05, 4.69) is 15.1 Å². The Morgan fingerprint density at radius 2 is 2.04 bits per heavy atom. The molecule has 0 aliphatic carbocycles. The zero-order valence-corrected chi connectivity index (χ0v) is 15.6. The van der Waals surface area contributed by atoms with Gasteiger partial charge in [0.05, 0.1) is 36.9 Å². The molecule has 9 heteroatoms. The van der Waals surface area contributed by atoms with Gasteiger partial charge in [0.1, 0.15) is 11.9 Å². The molecule has 5 rings (SSSR count). The summed E-state index contributed by atoms with van der Waals surface area (Å²) in [4.78, 5) is 17.3. The number of amides is 1. The maximum absolute atomic E-state index is 14.7. The van der Waals surface area contributed by atoms with Crippen molar-refractivity contribution in [2.24, 2.45) is 5.41 Å². The fourth-order valence-corrected chi connectivity index (χ4v) is 5.07. The molecule has 1 spiro atoms. The second-order valence-corrected chi connectivity index (χ2v) is 8.50. The van der Waals surface area contributed by atoms with Gasteiger partial charge >= 0.3 is 6.09 Å². The lowest BCUT2D eigenvalue weighted by atomic mass is 9.82. The van der Waals surface area contributed by atoms with E-state index in [1.807, 2.05) is 11.8 Å². The van der Waals surface area contributed by atoms with Crippen molar-refractivity contribution in [1.82, 2.24) is 15.0 Å². The van der Waals surface area contributed by atoms with Crippen LogP contribution in [0.2, 0.25) is 0 Å². The maximum atomic E-state index is 14.7. The Kier molecular flexibility index (Phi) is 3.99. The number of carbonyl (C=O) groups is 1. The van der Waals surface area contributed by atoms with Crippen LogP contribution in [-0.4, -0.2) is 58.3 Å². The molecule has 3 aliphatic heterocycles. The monoisotopic (exact) mass is 389 g/mol. The molecule has 0 N–H and O–H groups in total. The summed E-state index contributed by atoms with van der Waals surface area (Å²) in [5, 5.41) is 8.08. The van der Waals surface area contributed by atoms with Gasteiger partial charge in [-0.3, -0.25) is 4.90 Å². The zero-order chi connectivity index (χ0) is 18.4. The summed E-state index contributed by atoms with van der Waals surface area (Å²) < 4.78 is 20.1. The Labute approximate surface area is 160 Å². The number of cyclic esters (lactones) is 1. The summed E-state index contributed by atoms with van der Waals surface area (Å²) in [6.45, 7) is 2.82. The minimum atomic E-state index is -0.435. The van der Waals surface area contributed by atoms with E-state index in [1.165, 1.54) is 22.5 Å². The smallest absolute Gasteiger partial charge is 0.414 e. The molecule has 3 aliphatic rings. The van der Waals surface area contributed by atoms with Gasteiger partial charge in [-0.1, -0.05) is 0 Å². The Bertz CT molecular complexity index is 849. The SMILES string of the molecule is O=C1O[C@@H](CCn2nccn2)CN1c1ccc(N2CC3(CSC3)C2)c(F)c1. The Hall–Kier alpha value is -2.29. The standard InChI is InChI=1S/C18H20FN5O2S/c19-15-7-13(1-2-16(15)22-9-18(10-22)11-27-12-18)23-8-14(26-17(23)25)3-6-24-20-4-5-21-24/h1-2,4-5,7,14H,3,6,8-12H2/t14-/m0/s1.